The zero-order valence-corrected chi connectivity index (χ0v) is 15.6. The summed E-state index contributed by atoms with van der Waals surface area (Å²) < 4.78 is 30.9. The highest BCUT2D eigenvalue weighted by Crippen LogP contribution is 2.28. The number of nitrogens with zero attached hydrogens (tertiary/aromatic N) is 1. The van der Waals surface area contributed by atoms with Crippen LogP contribution in [0.3, 0.4) is 0 Å². The molecule has 134 valence electrons. The lowest BCUT2D eigenvalue weighted by Gasteiger charge is -2.22. The number of benzene rings is 2. The predicted molar refractivity (Wildman–Crippen MR) is 96.3 cm³/mol. The van der Waals surface area contributed by atoms with Gasteiger partial charge in [0.1, 0.15) is 5.75 Å². The van der Waals surface area contributed by atoms with Crippen LogP contribution in [0.5, 0.6) is 5.75 Å². The lowest BCUT2D eigenvalue weighted by Crippen LogP contribution is -2.42. The Bertz CT molecular complexity index is 856. The Balaban J connectivity index is 2.20. The summed E-state index contributed by atoms with van der Waals surface area (Å²) in [6.45, 7) is 1.72. The molecule has 0 radical (unpaired) electrons. The van der Waals surface area contributed by atoms with Crippen molar-refractivity contribution in [2.45, 2.75) is 17.9 Å². The summed E-state index contributed by atoms with van der Waals surface area (Å²) in [5.74, 6) is 0.547. The number of amides is 2. The van der Waals surface area contributed by atoms with Crippen LogP contribution in [-0.4, -0.2) is 32.9 Å². The van der Waals surface area contributed by atoms with Crippen LogP contribution in [0.15, 0.2) is 53.4 Å². The lowest BCUT2D eigenvalue weighted by molar-refractivity contribution is 0.225. The van der Waals surface area contributed by atoms with Crippen LogP contribution >= 0.6 is 11.6 Å². The maximum absolute atomic E-state index is 12.5. The van der Waals surface area contributed by atoms with Crippen molar-refractivity contribution in [2.24, 2.45) is 0 Å². The first kappa shape index (κ1) is 19.1. The maximum atomic E-state index is 12.5. The normalized spacial score (nSPS) is 12.3. The van der Waals surface area contributed by atoms with E-state index in [0.717, 1.165) is 0 Å². The van der Waals surface area contributed by atoms with Gasteiger partial charge in [-0.25, -0.2) is 17.5 Å². The summed E-state index contributed by atoms with van der Waals surface area (Å²) in [6, 6.07) is 11.5. The van der Waals surface area contributed by atoms with E-state index in [0.29, 0.717) is 20.6 Å². The highest BCUT2D eigenvalue weighted by molar-refractivity contribution is 7.89. The van der Waals surface area contributed by atoms with Crippen LogP contribution in [0.25, 0.3) is 0 Å². The molecule has 2 amide bonds. The minimum Gasteiger partial charge on any atom is -0.496 e. The summed E-state index contributed by atoms with van der Waals surface area (Å²) >= 11 is 6.00. The molecule has 0 spiro atoms. The molecular weight excluding hydrogens is 364 g/mol. The van der Waals surface area contributed by atoms with E-state index >= 15 is 0 Å². The van der Waals surface area contributed by atoms with Crippen molar-refractivity contribution in [3.8, 4) is 5.75 Å². The SMILES string of the molecule is COc1ccc(Cl)cc1C(C)NC(=O)N(C)S(=O)(=O)c1ccccc1. The molecule has 1 atom stereocenters. The maximum Gasteiger partial charge on any atom is 0.331 e. The molecular formula is C17H19ClN2O4S. The highest BCUT2D eigenvalue weighted by atomic mass is 35.5. The van der Waals surface area contributed by atoms with Gasteiger partial charge in [0.25, 0.3) is 10.0 Å². The molecule has 2 aromatic carbocycles. The fourth-order valence-corrected chi connectivity index (χ4v) is 3.53. The molecule has 1 N–H and O–H groups in total. The van der Waals surface area contributed by atoms with Crippen LogP contribution < -0.4 is 10.1 Å². The Morgan fingerprint density at radius 3 is 2.44 bits per heavy atom. The van der Waals surface area contributed by atoms with E-state index in [9.17, 15) is 13.2 Å². The van der Waals surface area contributed by atoms with E-state index in [1.807, 2.05) is 0 Å². The van der Waals surface area contributed by atoms with Crippen LogP contribution in [0.1, 0.15) is 18.5 Å². The second-order valence-corrected chi connectivity index (χ2v) is 7.75. The van der Waals surface area contributed by atoms with Crippen LogP contribution in [0, 0.1) is 0 Å². The summed E-state index contributed by atoms with van der Waals surface area (Å²) in [7, 11) is -1.21. The van der Waals surface area contributed by atoms with Crippen LogP contribution in [-0.2, 0) is 10.0 Å². The van der Waals surface area contributed by atoms with Gasteiger partial charge < -0.3 is 10.1 Å². The molecule has 6 nitrogen and oxygen atoms in total. The summed E-state index contributed by atoms with van der Waals surface area (Å²) in [6.07, 6.45) is 0. The molecule has 0 aliphatic heterocycles. The second kappa shape index (κ2) is 7.76. The molecule has 1 unspecified atom stereocenters. The molecule has 0 saturated heterocycles. The standard InChI is InChI=1S/C17H19ClN2O4S/c1-12(15-11-13(18)9-10-16(15)24-3)19-17(21)20(2)25(22,23)14-7-5-4-6-8-14/h4-12H,1-3H3,(H,19,21). The van der Waals surface area contributed by atoms with Gasteiger partial charge in [0.2, 0.25) is 0 Å². The van der Waals surface area contributed by atoms with Gasteiger partial charge in [-0.3, -0.25) is 0 Å². The molecule has 0 aromatic heterocycles. The Morgan fingerprint density at radius 2 is 1.84 bits per heavy atom. The predicted octanol–water partition coefficient (Wildman–Crippen LogP) is 3.44. The molecule has 0 aliphatic carbocycles. The van der Waals surface area contributed by atoms with Crippen molar-refractivity contribution in [1.29, 1.82) is 0 Å². The fourth-order valence-electron chi connectivity index (χ4n) is 2.26. The van der Waals surface area contributed by atoms with Crippen molar-refractivity contribution in [3.05, 3.63) is 59.1 Å². The first-order chi connectivity index (χ1) is 11.8. The lowest BCUT2D eigenvalue weighted by atomic mass is 10.1. The number of rotatable bonds is 5. The van der Waals surface area contributed by atoms with Crippen molar-refractivity contribution >= 4 is 27.7 Å². The first-order valence-corrected chi connectivity index (χ1v) is 9.27. The average Bonchev–Trinajstić information content (AvgIpc) is 2.61. The summed E-state index contributed by atoms with van der Waals surface area (Å²) in [5, 5.41) is 3.13. The number of halogens is 1. The zero-order valence-electron chi connectivity index (χ0n) is 14.1. The molecule has 8 heteroatoms. The molecule has 0 fully saturated rings. The van der Waals surface area contributed by atoms with Gasteiger partial charge in [0.15, 0.2) is 0 Å². The smallest absolute Gasteiger partial charge is 0.331 e. The Labute approximate surface area is 152 Å². The third-order valence-electron chi connectivity index (χ3n) is 3.69. The number of ether oxygens (including phenoxy) is 1. The van der Waals surface area contributed by atoms with E-state index in [-0.39, 0.29) is 4.90 Å². The fraction of sp³-hybridized carbons (Fsp3) is 0.235. The van der Waals surface area contributed by atoms with Gasteiger partial charge in [-0.05, 0) is 37.3 Å². The van der Waals surface area contributed by atoms with Crippen LogP contribution in [0.2, 0.25) is 5.02 Å². The minimum absolute atomic E-state index is 0.0423. The quantitative estimate of drug-likeness (QED) is 0.859. The van der Waals surface area contributed by atoms with Gasteiger partial charge >= 0.3 is 6.03 Å². The zero-order chi connectivity index (χ0) is 18.6. The Hall–Kier alpha value is -2.25. The van der Waals surface area contributed by atoms with E-state index in [1.54, 1.807) is 43.3 Å². The van der Waals surface area contributed by atoms with Gasteiger partial charge in [-0.1, -0.05) is 29.8 Å². The Morgan fingerprint density at radius 1 is 1.20 bits per heavy atom. The molecule has 2 aromatic rings. The number of carbonyl (C=O) groups is 1. The van der Waals surface area contributed by atoms with Crippen LogP contribution in [0.4, 0.5) is 4.79 Å². The number of carbonyl (C=O) groups excluding carboxylic acids is 1. The van der Waals surface area contributed by atoms with E-state index < -0.39 is 22.1 Å². The summed E-state index contributed by atoms with van der Waals surface area (Å²) in [4.78, 5) is 12.4. The first-order valence-electron chi connectivity index (χ1n) is 7.45. The monoisotopic (exact) mass is 382 g/mol. The molecule has 0 bridgehead atoms. The third-order valence-corrected chi connectivity index (χ3v) is 5.68. The average molecular weight is 383 g/mol. The third kappa shape index (κ3) is 4.24. The molecule has 0 saturated carbocycles. The second-order valence-electron chi connectivity index (χ2n) is 5.34. The van der Waals surface area contributed by atoms with Gasteiger partial charge in [0, 0.05) is 17.6 Å². The molecule has 25 heavy (non-hydrogen) atoms. The topological polar surface area (TPSA) is 75.7 Å². The van der Waals surface area contributed by atoms with E-state index in [4.69, 9.17) is 16.3 Å². The van der Waals surface area contributed by atoms with Gasteiger partial charge in [-0.15, -0.1) is 0 Å². The minimum atomic E-state index is -3.93. The number of urea groups is 1. The van der Waals surface area contributed by atoms with Crippen molar-refractivity contribution in [1.82, 2.24) is 9.62 Å². The van der Waals surface area contributed by atoms with E-state index in [2.05, 4.69) is 5.32 Å². The largest absolute Gasteiger partial charge is 0.496 e. The number of nitrogens with one attached hydrogen (secondary N) is 1. The number of sulfonamides is 1. The molecule has 0 aliphatic rings. The summed E-state index contributed by atoms with van der Waals surface area (Å²) in [5.41, 5.74) is 0.647. The number of hydrogen-bond acceptors (Lipinski definition) is 4. The van der Waals surface area contributed by atoms with Gasteiger partial charge in [-0.2, -0.15) is 0 Å². The molecule has 2 rings (SSSR count). The Kier molecular flexibility index (Phi) is 5.92. The number of methoxy groups -OCH3 is 1. The van der Waals surface area contributed by atoms with Crippen molar-refractivity contribution < 1.29 is 17.9 Å². The molecule has 0 heterocycles. The highest BCUT2D eigenvalue weighted by Gasteiger charge is 2.27. The van der Waals surface area contributed by atoms with Crippen molar-refractivity contribution in [3.63, 3.8) is 0 Å². The van der Waals surface area contributed by atoms with E-state index in [1.165, 1.54) is 26.3 Å². The number of hydrogen-bond donors (Lipinski definition) is 1. The van der Waals surface area contributed by atoms with Gasteiger partial charge in [0.05, 0.1) is 18.0 Å². The van der Waals surface area contributed by atoms with Crippen molar-refractivity contribution in [2.75, 3.05) is 14.2 Å².